The smallest absolute Gasteiger partial charge is 0.249 e. The third kappa shape index (κ3) is 3.15. The van der Waals surface area contributed by atoms with E-state index in [1.165, 1.54) is 4.80 Å². The summed E-state index contributed by atoms with van der Waals surface area (Å²) >= 11 is 0. The summed E-state index contributed by atoms with van der Waals surface area (Å²) in [6.07, 6.45) is 0. The summed E-state index contributed by atoms with van der Waals surface area (Å²) in [6.45, 7) is 5.85. The van der Waals surface area contributed by atoms with E-state index in [0.29, 0.717) is 17.6 Å². The Balaban J connectivity index is 2.02. The van der Waals surface area contributed by atoms with Gasteiger partial charge in [-0.25, -0.2) is 0 Å². The summed E-state index contributed by atoms with van der Waals surface area (Å²) in [6, 6.07) is 1.86. The average molecular weight is 263 g/mol. The van der Waals surface area contributed by atoms with E-state index in [-0.39, 0.29) is 12.5 Å². The molecule has 0 saturated heterocycles. The highest BCUT2D eigenvalue weighted by molar-refractivity contribution is 5.89. The van der Waals surface area contributed by atoms with Gasteiger partial charge < -0.3 is 5.32 Å². The van der Waals surface area contributed by atoms with Crippen molar-refractivity contribution in [2.24, 2.45) is 7.05 Å². The van der Waals surface area contributed by atoms with Gasteiger partial charge in [-0.05, 0) is 18.1 Å². The summed E-state index contributed by atoms with van der Waals surface area (Å²) in [4.78, 5) is 13.1. The van der Waals surface area contributed by atoms with Crippen molar-refractivity contribution in [3.05, 3.63) is 17.6 Å². The molecule has 0 radical (unpaired) electrons. The first kappa shape index (κ1) is 13.2. The predicted octanol–water partition coefficient (Wildman–Crippen LogP) is 0.477. The van der Waals surface area contributed by atoms with E-state index < -0.39 is 0 Å². The van der Waals surface area contributed by atoms with Gasteiger partial charge in [0, 0.05) is 13.1 Å². The lowest BCUT2D eigenvalue weighted by molar-refractivity contribution is -0.117. The van der Waals surface area contributed by atoms with Crippen LogP contribution < -0.4 is 5.32 Å². The Kier molecular flexibility index (Phi) is 3.59. The molecule has 2 aromatic rings. The number of amides is 1. The van der Waals surface area contributed by atoms with Gasteiger partial charge >= 0.3 is 0 Å². The Morgan fingerprint density at radius 1 is 1.42 bits per heavy atom. The summed E-state index contributed by atoms with van der Waals surface area (Å²) in [5.41, 5.74) is 0.938. The first-order valence-electron chi connectivity index (χ1n) is 6.04. The van der Waals surface area contributed by atoms with Crippen molar-refractivity contribution >= 4 is 11.7 Å². The lowest BCUT2D eigenvalue weighted by Crippen LogP contribution is -2.21. The molecule has 0 aliphatic heterocycles. The lowest BCUT2D eigenvalue weighted by Gasteiger charge is -2.03. The number of aromatic nitrogens is 6. The first-order valence-corrected chi connectivity index (χ1v) is 6.04. The van der Waals surface area contributed by atoms with Crippen LogP contribution in [0.1, 0.15) is 31.3 Å². The molecule has 0 atom stereocenters. The third-order valence-electron chi connectivity index (χ3n) is 2.60. The molecule has 102 valence electrons. The highest BCUT2D eigenvalue weighted by Gasteiger charge is 2.12. The summed E-state index contributed by atoms with van der Waals surface area (Å²) in [5, 5.41) is 18.5. The summed E-state index contributed by atoms with van der Waals surface area (Å²) in [7, 11) is 1.79. The van der Waals surface area contributed by atoms with Gasteiger partial charge in [-0.1, -0.05) is 13.8 Å². The minimum atomic E-state index is -0.212. The molecule has 0 aromatic carbocycles. The maximum Gasteiger partial charge on any atom is 0.249 e. The van der Waals surface area contributed by atoms with Crippen molar-refractivity contribution in [2.75, 3.05) is 5.32 Å². The number of tetrazole rings is 1. The molecular formula is C11H17N7O. The van der Waals surface area contributed by atoms with Crippen molar-refractivity contribution in [3.63, 3.8) is 0 Å². The van der Waals surface area contributed by atoms with Crippen LogP contribution in [0.4, 0.5) is 5.82 Å². The number of hydrogen-bond donors (Lipinski definition) is 1. The van der Waals surface area contributed by atoms with Crippen LogP contribution in [0, 0.1) is 6.92 Å². The van der Waals surface area contributed by atoms with Gasteiger partial charge in [0.05, 0.1) is 5.69 Å². The number of nitrogens with one attached hydrogen (secondary N) is 1. The second-order valence-electron chi connectivity index (χ2n) is 4.65. The van der Waals surface area contributed by atoms with Crippen LogP contribution in [0.2, 0.25) is 0 Å². The highest BCUT2D eigenvalue weighted by atomic mass is 16.2. The van der Waals surface area contributed by atoms with Gasteiger partial charge in [-0.15, -0.1) is 10.2 Å². The molecule has 0 aliphatic carbocycles. The fourth-order valence-corrected chi connectivity index (χ4v) is 1.59. The Morgan fingerprint density at radius 3 is 2.68 bits per heavy atom. The Morgan fingerprint density at radius 2 is 2.16 bits per heavy atom. The zero-order valence-electron chi connectivity index (χ0n) is 11.5. The van der Waals surface area contributed by atoms with Crippen LogP contribution in [0.25, 0.3) is 0 Å². The Labute approximate surface area is 110 Å². The van der Waals surface area contributed by atoms with Gasteiger partial charge in [0.2, 0.25) is 5.91 Å². The largest absolute Gasteiger partial charge is 0.309 e. The van der Waals surface area contributed by atoms with E-state index in [1.54, 1.807) is 18.7 Å². The van der Waals surface area contributed by atoms with Gasteiger partial charge in [0.25, 0.3) is 0 Å². The fourth-order valence-electron chi connectivity index (χ4n) is 1.59. The molecule has 0 fully saturated rings. The second kappa shape index (κ2) is 5.17. The van der Waals surface area contributed by atoms with Crippen molar-refractivity contribution in [3.8, 4) is 0 Å². The van der Waals surface area contributed by atoms with Crippen LogP contribution in [-0.4, -0.2) is 35.9 Å². The molecule has 0 unspecified atom stereocenters. The molecule has 0 aliphatic rings. The van der Waals surface area contributed by atoms with E-state index in [2.05, 4.69) is 39.7 Å². The average Bonchev–Trinajstić information content (AvgIpc) is 2.86. The Bertz CT molecular complexity index is 584. The van der Waals surface area contributed by atoms with E-state index >= 15 is 0 Å². The topological polar surface area (TPSA) is 90.5 Å². The van der Waals surface area contributed by atoms with Crippen molar-refractivity contribution in [1.29, 1.82) is 0 Å². The maximum absolute atomic E-state index is 11.8. The molecular weight excluding hydrogens is 246 g/mol. The standard InChI is InChI=1S/C11H17N7O/c1-7(2)9-5-10(17(4)15-9)12-11(19)6-18-14-8(3)13-16-18/h5,7H,6H2,1-4H3,(H,12,19). The number of carbonyl (C=O) groups is 1. The molecule has 1 N–H and O–H groups in total. The van der Waals surface area contributed by atoms with Crippen molar-refractivity contribution in [1.82, 2.24) is 30.0 Å². The third-order valence-corrected chi connectivity index (χ3v) is 2.60. The predicted molar refractivity (Wildman–Crippen MR) is 68.5 cm³/mol. The summed E-state index contributed by atoms with van der Waals surface area (Å²) < 4.78 is 1.65. The molecule has 2 rings (SSSR count). The van der Waals surface area contributed by atoms with Gasteiger partial charge in [-0.3, -0.25) is 9.48 Å². The maximum atomic E-state index is 11.8. The molecule has 0 saturated carbocycles. The Hall–Kier alpha value is -2.25. The minimum absolute atomic E-state index is 0.0308. The van der Waals surface area contributed by atoms with Crippen LogP contribution in [0.5, 0.6) is 0 Å². The van der Waals surface area contributed by atoms with E-state index in [0.717, 1.165) is 5.69 Å². The van der Waals surface area contributed by atoms with E-state index in [4.69, 9.17) is 0 Å². The van der Waals surface area contributed by atoms with Crippen molar-refractivity contribution in [2.45, 2.75) is 33.2 Å². The second-order valence-corrected chi connectivity index (χ2v) is 4.65. The fraction of sp³-hybridized carbons (Fsp3) is 0.545. The zero-order chi connectivity index (χ0) is 14.0. The minimum Gasteiger partial charge on any atom is -0.309 e. The van der Waals surface area contributed by atoms with E-state index in [1.807, 2.05) is 6.07 Å². The zero-order valence-corrected chi connectivity index (χ0v) is 11.5. The summed E-state index contributed by atoms with van der Waals surface area (Å²) in [5.74, 6) is 1.30. The molecule has 1 amide bonds. The van der Waals surface area contributed by atoms with Gasteiger partial charge in [-0.2, -0.15) is 9.90 Å². The van der Waals surface area contributed by atoms with Crippen LogP contribution >= 0.6 is 0 Å². The number of carbonyl (C=O) groups excluding carboxylic acids is 1. The number of aryl methyl sites for hydroxylation is 2. The number of anilines is 1. The lowest BCUT2D eigenvalue weighted by atomic mass is 10.1. The van der Waals surface area contributed by atoms with Crippen LogP contribution in [0.3, 0.4) is 0 Å². The van der Waals surface area contributed by atoms with Gasteiger partial charge in [0.1, 0.15) is 12.4 Å². The molecule has 8 heteroatoms. The molecule has 2 aromatic heterocycles. The molecule has 0 spiro atoms. The molecule has 2 heterocycles. The van der Waals surface area contributed by atoms with E-state index in [9.17, 15) is 4.79 Å². The SMILES string of the molecule is Cc1nnn(CC(=O)Nc2cc(C(C)C)nn2C)n1. The van der Waals surface area contributed by atoms with Crippen LogP contribution in [-0.2, 0) is 18.4 Å². The van der Waals surface area contributed by atoms with Gasteiger partial charge in [0.15, 0.2) is 5.82 Å². The van der Waals surface area contributed by atoms with Crippen molar-refractivity contribution < 1.29 is 4.79 Å². The van der Waals surface area contributed by atoms with Crippen LogP contribution in [0.15, 0.2) is 6.07 Å². The molecule has 8 nitrogen and oxygen atoms in total. The monoisotopic (exact) mass is 263 g/mol. The molecule has 19 heavy (non-hydrogen) atoms. The number of rotatable bonds is 4. The normalized spacial score (nSPS) is 11.0. The number of nitrogens with zero attached hydrogens (tertiary/aromatic N) is 6. The first-order chi connectivity index (χ1) is 8.95. The highest BCUT2D eigenvalue weighted by Crippen LogP contribution is 2.16. The number of hydrogen-bond acceptors (Lipinski definition) is 5. The quantitative estimate of drug-likeness (QED) is 0.866. The molecule has 0 bridgehead atoms.